The summed E-state index contributed by atoms with van der Waals surface area (Å²) in [6, 6.07) is 5.83. The second kappa shape index (κ2) is 5.94. The second-order valence-corrected chi connectivity index (χ2v) is 8.10. The highest BCUT2D eigenvalue weighted by Crippen LogP contribution is 2.29. The summed E-state index contributed by atoms with van der Waals surface area (Å²) in [6.45, 7) is 15.0. The van der Waals surface area contributed by atoms with Crippen molar-refractivity contribution in [2.24, 2.45) is 5.41 Å². The van der Waals surface area contributed by atoms with Gasteiger partial charge in [-0.3, -0.25) is 4.90 Å². The third kappa shape index (κ3) is 3.80. The molecular formula is C16H28N2S. The van der Waals surface area contributed by atoms with E-state index in [1.807, 2.05) is 11.3 Å². The van der Waals surface area contributed by atoms with Gasteiger partial charge in [-0.05, 0) is 30.9 Å². The van der Waals surface area contributed by atoms with E-state index < -0.39 is 0 Å². The van der Waals surface area contributed by atoms with Crippen LogP contribution in [0.25, 0.3) is 0 Å². The van der Waals surface area contributed by atoms with Crippen molar-refractivity contribution >= 4 is 11.3 Å². The number of nitrogens with one attached hydrogen (secondary N) is 1. The van der Waals surface area contributed by atoms with Gasteiger partial charge in [0.05, 0.1) is 0 Å². The maximum absolute atomic E-state index is 3.63. The number of piperazine rings is 1. The van der Waals surface area contributed by atoms with E-state index >= 15 is 0 Å². The Bertz CT molecular complexity index is 405. The summed E-state index contributed by atoms with van der Waals surface area (Å²) in [5, 5.41) is 3.63. The lowest BCUT2D eigenvalue weighted by Crippen LogP contribution is -2.59. The first-order valence-corrected chi connectivity index (χ1v) is 8.27. The van der Waals surface area contributed by atoms with E-state index in [1.165, 1.54) is 9.75 Å². The van der Waals surface area contributed by atoms with Crippen molar-refractivity contribution in [2.75, 3.05) is 13.1 Å². The predicted octanol–water partition coefficient (Wildman–Crippen LogP) is 3.52. The van der Waals surface area contributed by atoms with Gasteiger partial charge in [-0.15, -0.1) is 11.3 Å². The minimum Gasteiger partial charge on any atom is -0.311 e. The van der Waals surface area contributed by atoms with Crippen LogP contribution in [0, 0.1) is 5.41 Å². The van der Waals surface area contributed by atoms with Gasteiger partial charge in [0.15, 0.2) is 0 Å². The van der Waals surface area contributed by atoms with Crippen LogP contribution in [0.15, 0.2) is 12.1 Å². The van der Waals surface area contributed by atoms with Gasteiger partial charge in [-0.2, -0.15) is 0 Å². The smallest absolute Gasteiger partial charge is 0.0332 e. The van der Waals surface area contributed by atoms with Crippen molar-refractivity contribution in [3.05, 3.63) is 21.9 Å². The van der Waals surface area contributed by atoms with E-state index in [1.54, 1.807) is 0 Å². The summed E-state index contributed by atoms with van der Waals surface area (Å²) in [4.78, 5) is 5.69. The number of hydrogen-bond donors (Lipinski definition) is 1. The van der Waals surface area contributed by atoms with Crippen LogP contribution < -0.4 is 5.32 Å². The fourth-order valence-corrected chi connectivity index (χ4v) is 3.90. The number of aryl methyl sites for hydroxylation is 1. The van der Waals surface area contributed by atoms with Crippen LogP contribution in [-0.4, -0.2) is 30.1 Å². The van der Waals surface area contributed by atoms with E-state index in [0.29, 0.717) is 17.5 Å². The van der Waals surface area contributed by atoms with Crippen LogP contribution in [0.4, 0.5) is 0 Å². The molecule has 108 valence electrons. The number of thiophene rings is 1. The second-order valence-electron chi connectivity index (χ2n) is 6.84. The fraction of sp³-hybridized carbons (Fsp3) is 0.750. The topological polar surface area (TPSA) is 15.3 Å². The standard InChI is InChI=1S/C16H28N2S/c1-6-13-7-8-14(19-13)11-18-10-12(2)17-9-15(18)16(3,4)5/h7-8,12,15,17H,6,9-11H2,1-5H3. The van der Waals surface area contributed by atoms with Gasteiger partial charge < -0.3 is 5.32 Å². The Hall–Kier alpha value is -0.380. The van der Waals surface area contributed by atoms with Crippen molar-refractivity contribution in [1.82, 2.24) is 10.2 Å². The molecule has 2 heterocycles. The first-order chi connectivity index (χ1) is 8.90. The first-order valence-electron chi connectivity index (χ1n) is 7.45. The predicted molar refractivity (Wildman–Crippen MR) is 84.8 cm³/mol. The summed E-state index contributed by atoms with van der Waals surface area (Å²) < 4.78 is 0. The van der Waals surface area contributed by atoms with Crippen LogP contribution in [0.1, 0.15) is 44.4 Å². The molecule has 0 bridgehead atoms. The zero-order valence-corrected chi connectivity index (χ0v) is 13.8. The molecule has 2 rings (SSSR count). The maximum atomic E-state index is 3.63. The average molecular weight is 280 g/mol. The van der Waals surface area contributed by atoms with E-state index in [0.717, 1.165) is 26.1 Å². The number of nitrogens with zero attached hydrogens (tertiary/aromatic N) is 1. The van der Waals surface area contributed by atoms with Gasteiger partial charge in [0.2, 0.25) is 0 Å². The van der Waals surface area contributed by atoms with Gasteiger partial charge in [-0.25, -0.2) is 0 Å². The molecular weight excluding hydrogens is 252 g/mol. The Morgan fingerprint density at radius 1 is 1.32 bits per heavy atom. The lowest BCUT2D eigenvalue weighted by molar-refractivity contribution is 0.0534. The third-order valence-corrected chi connectivity index (χ3v) is 5.25. The molecule has 1 aliphatic heterocycles. The Balaban J connectivity index is 2.09. The molecule has 0 aliphatic carbocycles. The molecule has 1 aliphatic rings. The molecule has 1 aromatic heterocycles. The molecule has 3 heteroatoms. The van der Waals surface area contributed by atoms with E-state index in [9.17, 15) is 0 Å². The van der Waals surface area contributed by atoms with Crippen molar-refractivity contribution in [3.8, 4) is 0 Å². The third-order valence-electron chi connectivity index (χ3n) is 4.03. The van der Waals surface area contributed by atoms with Gasteiger partial charge in [0.25, 0.3) is 0 Å². The van der Waals surface area contributed by atoms with Crippen molar-refractivity contribution < 1.29 is 0 Å². The summed E-state index contributed by atoms with van der Waals surface area (Å²) in [6.07, 6.45) is 1.16. The molecule has 0 saturated carbocycles. The molecule has 2 nitrogen and oxygen atoms in total. The molecule has 0 aromatic carbocycles. The number of hydrogen-bond acceptors (Lipinski definition) is 3. The highest BCUT2D eigenvalue weighted by atomic mass is 32.1. The highest BCUT2D eigenvalue weighted by Gasteiger charge is 2.34. The van der Waals surface area contributed by atoms with Crippen molar-refractivity contribution in [1.29, 1.82) is 0 Å². The first kappa shape index (κ1) is 15.0. The summed E-state index contributed by atoms with van der Waals surface area (Å²) in [5.74, 6) is 0. The molecule has 1 N–H and O–H groups in total. The fourth-order valence-electron chi connectivity index (χ4n) is 2.91. The summed E-state index contributed by atoms with van der Waals surface area (Å²) in [7, 11) is 0. The minimum absolute atomic E-state index is 0.331. The molecule has 19 heavy (non-hydrogen) atoms. The van der Waals surface area contributed by atoms with Gasteiger partial charge in [0, 0.05) is 41.5 Å². The molecule has 0 amide bonds. The Morgan fingerprint density at radius 2 is 2.00 bits per heavy atom. The normalized spacial score (nSPS) is 25.7. The molecule has 0 radical (unpaired) electrons. The lowest BCUT2D eigenvalue weighted by Gasteiger charge is -2.45. The SMILES string of the molecule is CCc1ccc(CN2CC(C)NCC2C(C)(C)C)s1. The Kier molecular flexibility index (Phi) is 4.70. The molecule has 1 saturated heterocycles. The van der Waals surface area contributed by atoms with Crippen molar-refractivity contribution in [3.63, 3.8) is 0 Å². The average Bonchev–Trinajstić information content (AvgIpc) is 2.75. The van der Waals surface area contributed by atoms with E-state index in [4.69, 9.17) is 0 Å². The largest absolute Gasteiger partial charge is 0.311 e. The molecule has 1 aromatic rings. The molecule has 0 spiro atoms. The van der Waals surface area contributed by atoms with Crippen LogP contribution in [0.2, 0.25) is 0 Å². The van der Waals surface area contributed by atoms with Crippen LogP contribution in [0.3, 0.4) is 0 Å². The highest BCUT2D eigenvalue weighted by molar-refractivity contribution is 7.11. The minimum atomic E-state index is 0.331. The van der Waals surface area contributed by atoms with Crippen molar-refractivity contribution in [2.45, 2.75) is 59.7 Å². The monoisotopic (exact) mass is 280 g/mol. The van der Waals surface area contributed by atoms with Crippen LogP contribution in [-0.2, 0) is 13.0 Å². The zero-order valence-electron chi connectivity index (χ0n) is 13.0. The van der Waals surface area contributed by atoms with E-state index in [2.05, 4.69) is 57.0 Å². The number of rotatable bonds is 3. The lowest BCUT2D eigenvalue weighted by atomic mass is 9.84. The zero-order chi connectivity index (χ0) is 14.0. The van der Waals surface area contributed by atoms with Gasteiger partial charge in [-0.1, -0.05) is 27.7 Å². The van der Waals surface area contributed by atoms with Crippen LogP contribution in [0.5, 0.6) is 0 Å². The van der Waals surface area contributed by atoms with Gasteiger partial charge >= 0.3 is 0 Å². The van der Waals surface area contributed by atoms with Crippen LogP contribution >= 0.6 is 11.3 Å². The summed E-state index contributed by atoms with van der Waals surface area (Å²) in [5.41, 5.74) is 0.331. The quantitative estimate of drug-likeness (QED) is 0.911. The Labute approximate surface area is 122 Å². The molecule has 2 unspecified atom stereocenters. The summed E-state index contributed by atoms with van der Waals surface area (Å²) >= 11 is 1.98. The molecule has 1 fully saturated rings. The van der Waals surface area contributed by atoms with Gasteiger partial charge in [0.1, 0.15) is 0 Å². The Morgan fingerprint density at radius 3 is 2.58 bits per heavy atom. The van der Waals surface area contributed by atoms with E-state index in [-0.39, 0.29) is 0 Å². The molecule has 2 atom stereocenters. The maximum Gasteiger partial charge on any atom is 0.0332 e.